The number of benzene rings is 1. The maximum atomic E-state index is 12.2. The normalized spacial score (nSPS) is 16.6. The monoisotopic (exact) mass is 333 g/mol. The summed E-state index contributed by atoms with van der Waals surface area (Å²) in [4.78, 5) is 24.4. The van der Waals surface area contributed by atoms with Crippen LogP contribution in [-0.2, 0) is 14.3 Å². The fraction of sp³-hybridized carbons (Fsp3) is 0.412. The summed E-state index contributed by atoms with van der Waals surface area (Å²) in [5, 5.41) is 2.44. The van der Waals surface area contributed by atoms with Crippen molar-refractivity contribution in [1.29, 1.82) is 0 Å². The van der Waals surface area contributed by atoms with Gasteiger partial charge in [0.05, 0.1) is 18.2 Å². The predicted molar refractivity (Wildman–Crippen MR) is 88.3 cm³/mol. The van der Waals surface area contributed by atoms with Gasteiger partial charge in [0, 0.05) is 17.3 Å². The first kappa shape index (κ1) is 17.4. The van der Waals surface area contributed by atoms with Gasteiger partial charge in [0.2, 0.25) is 0 Å². The van der Waals surface area contributed by atoms with Gasteiger partial charge in [0.15, 0.2) is 6.61 Å². The number of hydrogen-bond acceptors (Lipinski definition) is 5. The summed E-state index contributed by atoms with van der Waals surface area (Å²) in [6.45, 7) is 0.581. The molecule has 0 saturated carbocycles. The molecule has 0 radical (unpaired) electrons. The van der Waals surface area contributed by atoms with Crippen LogP contribution in [0.15, 0.2) is 29.2 Å². The number of hydrogen-bond donors (Lipinski definition) is 1. The van der Waals surface area contributed by atoms with Gasteiger partial charge in [-0.1, -0.05) is 18.1 Å². The molecule has 122 valence electrons. The van der Waals surface area contributed by atoms with Crippen LogP contribution in [0, 0.1) is 12.3 Å². The number of terminal acetylenes is 1. The maximum Gasteiger partial charge on any atom is 0.339 e. The summed E-state index contributed by atoms with van der Waals surface area (Å²) >= 11 is 1.57. The Morgan fingerprint density at radius 1 is 1.43 bits per heavy atom. The van der Waals surface area contributed by atoms with Crippen LogP contribution in [0.3, 0.4) is 0 Å². The van der Waals surface area contributed by atoms with Gasteiger partial charge in [-0.15, -0.1) is 18.2 Å². The summed E-state index contributed by atoms with van der Waals surface area (Å²) in [6, 6.07) is 7.20. The zero-order valence-electron chi connectivity index (χ0n) is 12.7. The Balaban J connectivity index is 1.89. The highest BCUT2D eigenvalue weighted by molar-refractivity contribution is 7.99. The third kappa shape index (κ3) is 5.62. The molecule has 23 heavy (non-hydrogen) atoms. The second kappa shape index (κ2) is 9.23. The number of carbonyl (C=O) groups excluding carboxylic acids is 2. The molecule has 0 aliphatic carbocycles. The SMILES string of the molecule is C#CCNC(=O)COC(=O)c1ccccc1SC[C@H]1CCCO1. The second-order valence-corrected chi connectivity index (χ2v) is 6.06. The van der Waals surface area contributed by atoms with Crippen LogP contribution < -0.4 is 5.32 Å². The Morgan fingerprint density at radius 2 is 2.26 bits per heavy atom. The Labute approximate surface area is 140 Å². The second-order valence-electron chi connectivity index (χ2n) is 5.00. The van der Waals surface area contributed by atoms with Crippen LogP contribution in [0.25, 0.3) is 0 Å². The molecule has 1 aromatic rings. The predicted octanol–water partition coefficient (Wildman–Crippen LogP) is 1.86. The molecular weight excluding hydrogens is 314 g/mol. The Bertz CT molecular complexity index is 591. The van der Waals surface area contributed by atoms with Crippen molar-refractivity contribution >= 4 is 23.6 Å². The Morgan fingerprint density at radius 3 is 3.00 bits per heavy atom. The molecule has 1 heterocycles. The molecule has 1 saturated heterocycles. The first-order valence-electron chi connectivity index (χ1n) is 7.41. The fourth-order valence-electron chi connectivity index (χ4n) is 2.13. The van der Waals surface area contributed by atoms with E-state index in [0.29, 0.717) is 5.56 Å². The van der Waals surface area contributed by atoms with Crippen molar-refractivity contribution in [3.8, 4) is 12.3 Å². The van der Waals surface area contributed by atoms with Crippen LogP contribution in [-0.4, -0.2) is 43.5 Å². The van der Waals surface area contributed by atoms with Gasteiger partial charge in [0.1, 0.15) is 0 Å². The minimum atomic E-state index is -0.517. The van der Waals surface area contributed by atoms with E-state index < -0.39 is 11.9 Å². The van der Waals surface area contributed by atoms with Crippen molar-refractivity contribution in [1.82, 2.24) is 5.32 Å². The number of esters is 1. The fourth-order valence-corrected chi connectivity index (χ4v) is 3.24. The largest absolute Gasteiger partial charge is 0.452 e. The molecule has 1 atom stereocenters. The van der Waals surface area contributed by atoms with Gasteiger partial charge >= 0.3 is 5.97 Å². The Hall–Kier alpha value is -1.97. The Kier molecular flexibility index (Phi) is 6.98. The molecule has 1 aliphatic rings. The standard InChI is InChI=1S/C17H19NO4S/c1-2-9-18-16(19)11-22-17(20)14-7-3-4-8-15(14)23-12-13-6-5-10-21-13/h1,3-4,7-8,13H,5-6,9-12H2,(H,18,19)/t13-/m1/s1. The van der Waals surface area contributed by atoms with E-state index in [1.807, 2.05) is 12.1 Å². The van der Waals surface area contributed by atoms with Crippen molar-refractivity contribution in [2.75, 3.05) is 25.5 Å². The van der Waals surface area contributed by atoms with E-state index in [-0.39, 0.29) is 19.3 Å². The summed E-state index contributed by atoms with van der Waals surface area (Å²) < 4.78 is 10.6. The van der Waals surface area contributed by atoms with Gasteiger partial charge in [-0.05, 0) is 25.0 Å². The van der Waals surface area contributed by atoms with E-state index in [1.54, 1.807) is 23.9 Å². The van der Waals surface area contributed by atoms with Crippen molar-refractivity contribution in [2.24, 2.45) is 0 Å². The van der Waals surface area contributed by atoms with Crippen LogP contribution in [0.5, 0.6) is 0 Å². The molecule has 1 amide bonds. The molecule has 0 unspecified atom stereocenters. The summed E-state index contributed by atoms with van der Waals surface area (Å²) in [5.41, 5.74) is 0.459. The van der Waals surface area contributed by atoms with E-state index >= 15 is 0 Å². The number of ether oxygens (including phenoxy) is 2. The lowest BCUT2D eigenvalue weighted by Gasteiger charge is -2.12. The minimum Gasteiger partial charge on any atom is -0.452 e. The molecule has 2 rings (SSSR count). The van der Waals surface area contributed by atoms with E-state index in [2.05, 4.69) is 11.2 Å². The number of thioether (sulfide) groups is 1. The van der Waals surface area contributed by atoms with Gasteiger partial charge < -0.3 is 14.8 Å². The third-order valence-corrected chi connectivity index (χ3v) is 4.48. The number of rotatable bonds is 7. The smallest absolute Gasteiger partial charge is 0.339 e. The van der Waals surface area contributed by atoms with Gasteiger partial charge in [0.25, 0.3) is 5.91 Å². The molecule has 1 aromatic carbocycles. The topological polar surface area (TPSA) is 64.6 Å². The third-order valence-electron chi connectivity index (χ3n) is 3.28. The average molecular weight is 333 g/mol. The molecule has 1 fully saturated rings. The van der Waals surface area contributed by atoms with Crippen molar-refractivity contribution in [2.45, 2.75) is 23.8 Å². The zero-order chi connectivity index (χ0) is 16.5. The lowest BCUT2D eigenvalue weighted by atomic mass is 10.2. The first-order chi connectivity index (χ1) is 11.2. The molecule has 0 spiro atoms. The summed E-state index contributed by atoms with van der Waals surface area (Å²) in [5.74, 6) is 2.15. The molecule has 0 bridgehead atoms. The average Bonchev–Trinajstić information content (AvgIpc) is 3.09. The van der Waals surface area contributed by atoms with Gasteiger partial charge in [-0.25, -0.2) is 4.79 Å². The summed E-state index contributed by atoms with van der Waals surface area (Å²) in [7, 11) is 0. The van der Waals surface area contributed by atoms with Crippen molar-refractivity contribution in [3.05, 3.63) is 29.8 Å². The molecule has 5 nitrogen and oxygen atoms in total. The van der Waals surface area contributed by atoms with Gasteiger partial charge in [-0.2, -0.15) is 0 Å². The first-order valence-corrected chi connectivity index (χ1v) is 8.40. The van der Waals surface area contributed by atoms with Crippen LogP contribution in [0.1, 0.15) is 23.2 Å². The van der Waals surface area contributed by atoms with Crippen LogP contribution >= 0.6 is 11.8 Å². The van der Waals surface area contributed by atoms with E-state index in [9.17, 15) is 9.59 Å². The number of amides is 1. The highest BCUT2D eigenvalue weighted by atomic mass is 32.2. The van der Waals surface area contributed by atoms with Crippen LogP contribution in [0.4, 0.5) is 0 Å². The highest BCUT2D eigenvalue weighted by Crippen LogP contribution is 2.27. The lowest BCUT2D eigenvalue weighted by Crippen LogP contribution is -2.29. The molecule has 1 aliphatic heterocycles. The zero-order valence-corrected chi connectivity index (χ0v) is 13.6. The highest BCUT2D eigenvalue weighted by Gasteiger charge is 2.18. The molecule has 0 aromatic heterocycles. The van der Waals surface area contributed by atoms with E-state index in [1.165, 1.54) is 0 Å². The maximum absolute atomic E-state index is 12.2. The quantitative estimate of drug-likeness (QED) is 0.469. The number of carbonyl (C=O) groups is 2. The van der Waals surface area contributed by atoms with Crippen molar-refractivity contribution < 1.29 is 19.1 Å². The van der Waals surface area contributed by atoms with Crippen LogP contribution in [0.2, 0.25) is 0 Å². The number of nitrogens with one attached hydrogen (secondary N) is 1. The van der Waals surface area contributed by atoms with Crippen molar-refractivity contribution in [3.63, 3.8) is 0 Å². The van der Waals surface area contributed by atoms with Gasteiger partial charge in [-0.3, -0.25) is 4.79 Å². The van der Waals surface area contributed by atoms with E-state index in [0.717, 1.165) is 30.1 Å². The molecular formula is C17H19NO4S. The minimum absolute atomic E-state index is 0.115. The van der Waals surface area contributed by atoms with E-state index in [4.69, 9.17) is 15.9 Å². The summed E-state index contributed by atoms with van der Waals surface area (Å²) in [6.07, 6.45) is 7.41. The lowest BCUT2D eigenvalue weighted by molar-refractivity contribution is -0.123. The molecule has 6 heteroatoms. The molecule has 1 N–H and O–H groups in total.